The molecule has 3 rings (SSSR count). The molecule has 1 aromatic heterocycles. The minimum Gasteiger partial charge on any atom is -0.493 e. The van der Waals surface area contributed by atoms with Gasteiger partial charge in [0.05, 0.1) is 7.11 Å². The number of hydrogen-bond donors (Lipinski definition) is 1. The van der Waals surface area contributed by atoms with Gasteiger partial charge in [0.2, 0.25) is 0 Å². The Morgan fingerprint density at radius 2 is 1.96 bits per heavy atom. The van der Waals surface area contributed by atoms with Crippen LogP contribution in [-0.4, -0.2) is 24.6 Å². The fourth-order valence-corrected chi connectivity index (χ4v) is 3.56. The number of carbonyl (C=O) groups is 1. The Balaban J connectivity index is 1.57. The van der Waals surface area contributed by atoms with E-state index in [0.717, 1.165) is 21.0 Å². The summed E-state index contributed by atoms with van der Waals surface area (Å²) >= 11 is 7.76. The standard InChI is InChI=1S/C20H19ClN2O3S/c1-13-6-5-7-14(19(13)21)10-15-11-22-20(27-15)23-18(24)12-26-17-9-4-3-8-16(17)25-2/h3-9,11H,10,12H2,1-2H3,(H,22,23,24). The van der Waals surface area contributed by atoms with Crippen molar-refractivity contribution < 1.29 is 14.3 Å². The summed E-state index contributed by atoms with van der Waals surface area (Å²) in [6, 6.07) is 13.1. The molecule has 0 fully saturated rings. The quantitative estimate of drug-likeness (QED) is 0.621. The van der Waals surface area contributed by atoms with Gasteiger partial charge in [-0.25, -0.2) is 4.98 Å². The van der Waals surface area contributed by atoms with Gasteiger partial charge in [-0.15, -0.1) is 11.3 Å². The number of anilines is 1. The van der Waals surface area contributed by atoms with Crippen LogP contribution in [-0.2, 0) is 11.2 Å². The molecule has 27 heavy (non-hydrogen) atoms. The molecular weight excluding hydrogens is 384 g/mol. The highest BCUT2D eigenvalue weighted by atomic mass is 35.5. The molecule has 0 unspecified atom stereocenters. The predicted molar refractivity (Wildman–Crippen MR) is 108 cm³/mol. The van der Waals surface area contributed by atoms with Crippen molar-refractivity contribution in [2.45, 2.75) is 13.3 Å². The molecule has 2 aromatic carbocycles. The van der Waals surface area contributed by atoms with Crippen LogP contribution in [0.4, 0.5) is 5.13 Å². The molecule has 0 radical (unpaired) electrons. The number of benzene rings is 2. The highest BCUT2D eigenvalue weighted by Gasteiger charge is 2.11. The maximum Gasteiger partial charge on any atom is 0.264 e. The van der Waals surface area contributed by atoms with Gasteiger partial charge in [0.1, 0.15) is 0 Å². The van der Waals surface area contributed by atoms with Gasteiger partial charge in [0, 0.05) is 22.5 Å². The molecular formula is C20H19ClN2O3S. The SMILES string of the molecule is COc1ccccc1OCC(=O)Nc1ncc(Cc2cccc(C)c2Cl)s1. The molecule has 5 nitrogen and oxygen atoms in total. The monoisotopic (exact) mass is 402 g/mol. The van der Waals surface area contributed by atoms with Crippen molar-refractivity contribution in [3.63, 3.8) is 0 Å². The third-order valence-corrected chi connectivity index (χ3v) is 5.32. The molecule has 0 bridgehead atoms. The molecule has 1 amide bonds. The van der Waals surface area contributed by atoms with Crippen LogP contribution < -0.4 is 14.8 Å². The molecule has 3 aromatic rings. The third-order valence-electron chi connectivity index (χ3n) is 3.86. The van der Waals surface area contributed by atoms with Crippen LogP contribution in [0.15, 0.2) is 48.7 Å². The van der Waals surface area contributed by atoms with Crippen molar-refractivity contribution in [2.24, 2.45) is 0 Å². The number of amides is 1. The summed E-state index contributed by atoms with van der Waals surface area (Å²) in [6.07, 6.45) is 2.42. The van der Waals surface area contributed by atoms with Crippen molar-refractivity contribution in [3.05, 3.63) is 69.7 Å². The molecule has 0 aliphatic carbocycles. The predicted octanol–water partition coefficient (Wildman–Crippen LogP) is 4.72. The summed E-state index contributed by atoms with van der Waals surface area (Å²) in [5.41, 5.74) is 2.08. The molecule has 0 saturated carbocycles. The van der Waals surface area contributed by atoms with E-state index in [1.165, 1.54) is 11.3 Å². The summed E-state index contributed by atoms with van der Waals surface area (Å²) in [5.74, 6) is 0.816. The molecule has 0 saturated heterocycles. The average Bonchev–Trinajstić information content (AvgIpc) is 3.11. The van der Waals surface area contributed by atoms with Crippen LogP contribution in [0.3, 0.4) is 0 Å². The molecule has 1 N–H and O–H groups in total. The Morgan fingerprint density at radius 3 is 2.74 bits per heavy atom. The van der Waals surface area contributed by atoms with Crippen molar-refractivity contribution in [2.75, 3.05) is 19.0 Å². The fraction of sp³-hybridized carbons (Fsp3) is 0.200. The lowest BCUT2D eigenvalue weighted by molar-refractivity contribution is -0.118. The summed E-state index contributed by atoms with van der Waals surface area (Å²) in [6.45, 7) is 1.85. The van der Waals surface area contributed by atoms with E-state index >= 15 is 0 Å². The van der Waals surface area contributed by atoms with Gasteiger partial charge in [-0.2, -0.15) is 0 Å². The van der Waals surface area contributed by atoms with E-state index in [4.69, 9.17) is 21.1 Å². The minimum absolute atomic E-state index is 0.126. The normalized spacial score (nSPS) is 10.5. The van der Waals surface area contributed by atoms with Gasteiger partial charge in [-0.3, -0.25) is 10.1 Å². The Labute approximate surface area is 166 Å². The van der Waals surface area contributed by atoms with Crippen LogP contribution in [0.25, 0.3) is 0 Å². The van der Waals surface area contributed by atoms with E-state index in [1.807, 2.05) is 37.3 Å². The molecule has 140 valence electrons. The van der Waals surface area contributed by atoms with Crippen molar-refractivity contribution in [3.8, 4) is 11.5 Å². The number of hydrogen-bond acceptors (Lipinski definition) is 5. The maximum atomic E-state index is 12.1. The number of rotatable bonds is 7. The second-order valence-corrected chi connectivity index (χ2v) is 7.34. The number of ether oxygens (including phenoxy) is 2. The number of aryl methyl sites for hydroxylation is 1. The lowest BCUT2D eigenvalue weighted by Gasteiger charge is -2.09. The van der Waals surface area contributed by atoms with Gasteiger partial charge in [0.25, 0.3) is 5.91 Å². The molecule has 0 spiro atoms. The van der Waals surface area contributed by atoms with E-state index < -0.39 is 0 Å². The number of nitrogens with one attached hydrogen (secondary N) is 1. The van der Waals surface area contributed by atoms with Crippen molar-refractivity contribution >= 4 is 34.0 Å². The Bertz CT molecular complexity index is 942. The molecule has 0 aliphatic heterocycles. The van der Waals surface area contributed by atoms with Crippen LogP contribution in [0.2, 0.25) is 5.02 Å². The number of nitrogens with zero attached hydrogens (tertiary/aromatic N) is 1. The zero-order valence-corrected chi connectivity index (χ0v) is 16.6. The topological polar surface area (TPSA) is 60.5 Å². The highest BCUT2D eigenvalue weighted by molar-refractivity contribution is 7.15. The largest absolute Gasteiger partial charge is 0.493 e. The van der Waals surface area contributed by atoms with Gasteiger partial charge in [0.15, 0.2) is 23.2 Å². The maximum absolute atomic E-state index is 12.1. The first kappa shape index (κ1) is 19.2. The molecule has 0 aliphatic rings. The van der Waals surface area contributed by atoms with Gasteiger partial charge >= 0.3 is 0 Å². The van der Waals surface area contributed by atoms with E-state index in [-0.39, 0.29) is 12.5 Å². The van der Waals surface area contributed by atoms with Gasteiger partial charge < -0.3 is 9.47 Å². The number of thiazole rings is 1. The number of para-hydroxylation sites is 2. The van der Waals surface area contributed by atoms with Crippen LogP contribution in [0.1, 0.15) is 16.0 Å². The number of methoxy groups -OCH3 is 1. The van der Waals surface area contributed by atoms with E-state index in [9.17, 15) is 4.79 Å². The smallest absolute Gasteiger partial charge is 0.264 e. The zero-order valence-electron chi connectivity index (χ0n) is 15.0. The van der Waals surface area contributed by atoms with Crippen molar-refractivity contribution in [1.82, 2.24) is 4.98 Å². The van der Waals surface area contributed by atoms with Gasteiger partial charge in [-0.05, 0) is 30.2 Å². The second kappa shape index (κ2) is 8.88. The second-order valence-electron chi connectivity index (χ2n) is 5.84. The highest BCUT2D eigenvalue weighted by Crippen LogP contribution is 2.27. The van der Waals surface area contributed by atoms with E-state index in [1.54, 1.807) is 25.4 Å². The average molecular weight is 403 g/mol. The Hall–Kier alpha value is -2.57. The molecule has 0 atom stereocenters. The first-order valence-electron chi connectivity index (χ1n) is 8.31. The van der Waals surface area contributed by atoms with E-state index in [0.29, 0.717) is 23.1 Å². The fourth-order valence-electron chi connectivity index (χ4n) is 2.52. The Morgan fingerprint density at radius 1 is 1.19 bits per heavy atom. The van der Waals surface area contributed by atoms with E-state index in [2.05, 4.69) is 10.3 Å². The number of halogens is 1. The number of aromatic nitrogens is 1. The molecule has 1 heterocycles. The summed E-state index contributed by atoms with van der Waals surface area (Å²) < 4.78 is 10.7. The summed E-state index contributed by atoms with van der Waals surface area (Å²) in [4.78, 5) is 17.4. The van der Waals surface area contributed by atoms with Crippen LogP contribution in [0, 0.1) is 6.92 Å². The van der Waals surface area contributed by atoms with Crippen LogP contribution in [0.5, 0.6) is 11.5 Å². The summed E-state index contributed by atoms with van der Waals surface area (Å²) in [5, 5.41) is 4.05. The Kier molecular flexibility index (Phi) is 6.32. The lowest BCUT2D eigenvalue weighted by Crippen LogP contribution is -2.20. The van der Waals surface area contributed by atoms with Crippen molar-refractivity contribution in [1.29, 1.82) is 0 Å². The lowest BCUT2D eigenvalue weighted by atomic mass is 10.1. The van der Waals surface area contributed by atoms with Gasteiger partial charge in [-0.1, -0.05) is 41.9 Å². The van der Waals surface area contributed by atoms with Crippen LogP contribution >= 0.6 is 22.9 Å². The third kappa shape index (κ3) is 4.99. The first-order chi connectivity index (χ1) is 13.1. The molecule has 7 heteroatoms. The summed E-state index contributed by atoms with van der Waals surface area (Å²) in [7, 11) is 1.56. The first-order valence-corrected chi connectivity index (χ1v) is 9.50. The minimum atomic E-state index is -0.282. The number of carbonyl (C=O) groups excluding carboxylic acids is 1. The zero-order chi connectivity index (χ0) is 19.2.